The van der Waals surface area contributed by atoms with E-state index in [-0.39, 0.29) is 0 Å². The Balaban J connectivity index is 4.41. The number of alkyl halides is 3. The Hall–Kier alpha value is -0.230. The summed E-state index contributed by atoms with van der Waals surface area (Å²) in [7, 11) is 1.03. The summed E-state index contributed by atoms with van der Waals surface area (Å²) >= 11 is 2.58. The average Bonchev–Trinajstić information content (AvgIpc) is 2.01. The van der Waals surface area contributed by atoms with Gasteiger partial charge < -0.3 is 9.84 Å². The lowest BCUT2D eigenvalue weighted by Gasteiger charge is -2.24. The fraction of sp³-hybridized carbons (Fsp3) is 0.857. The lowest BCUT2D eigenvalue weighted by atomic mass is 9.99. The van der Waals surface area contributed by atoms with E-state index >= 15 is 0 Å². The molecule has 1 unspecified atom stereocenters. The fourth-order valence-electron chi connectivity index (χ4n) is 0.843. The van der Waals surface area contributed by atoms with Crippen LogP contribution in [0.4, 0.5) is 8.78 Å². The molecule has 0 saturated heterocycles. The molecule has 0 rings (SSSR count). The maximum absolute atomic E-state index is 12.7. The second-order valence-corrected chi connectivity index (χ2v) is 3.49. The Morgan fingerprint density at radius 2 is 2.08 bits per heavy atom. The van der Waals surface area contributed by atoms with Crippen LogP contribution in [0.1, 0.15) is 13.3 Å². The smallest absolute Gasteiger partial charge is 0.337 e. The van der Waals surface area contributed by atoms with Crippen LogP contribution >= 0.6 is 15.9 Å². The minimum atomic E-state index is -3.13. The van der Waals surface area contributed by atoms with Crippen molar-refractivity contribution in [2.75, 3.05) is 12.4 Å². The van der Waals surface area contributed by atoms with Gasteiger partial charge in [-0.1, -0.05) is 15.9 Å². The van der Waals surface area contributed by atoms with Crippen molar-refractivity contribution in [1.82, 2.24) is 0 Å². The molecule has 0 radical (unpaired) electrons. The molecule has 0 heterocycles. The molecule has 0 aliphatic carbocycles. The molecular weight excluding hydrogens is 250 g/mol. The summed E-state index contributed by atoms with van der Waals surface area (Å²) in [6, 6.07) is 0. The van der Waals surface area contributed by atoms with Crippen molar-refractivity contribution >= 4 is 21.9 Å². The predicted octanol–water partition coefficient (Wildman–Crippen LogP) is 1.33. The van der Waals surface area contributed by atoms with Gasteiger partial charge in [-0.15, -0.1) is 0 Å². The topological polar surface area (TPSA) is 46.5 Å². The van der Waals surface area contributed by atoms with Gasteiger partial charge in [0.15, 0.2) is 5.60 Å². The Bertz CT molecular complexity index is 194. The second kappa shape index (κ2) is 4.32. The normalized spacial score (nSPS) is 16.5. The largest absolute Gasteiger partial charge is 0.467 e. The highest BCUT2D eigenvalue weighted by Crippen LogP contribution is 2.28. The van der Waals surface area contributed by atoms with Crippen LogP contribution in [0.15, 0.2) is 0 Å². The number of halogens is 3. The standard InChI is InChI=1S/C7H11BrF2O3/c1-6(12,5(11)13-2)3-7(9,10)4-8/h12H,3-4H2,1-2H3. The van der Waals surface area contributed by atoms with Crippen molar-refractivity contribution in [2.45, 2.75) is 24.9 Å². The quantitative estimate of drug-likeness (QED) is 0.613. The van der Waals surface area contributed by atoms with Gasteiger partial charge in [-0.2, -0.15) is 0 Å². The average molecular weight is 261 g/mol. The molecular formula is C7H11BrF2O3. The summed E-state index contributed by atoms with van der Waals surface area (Å²) in [5.41, 5.74) is -2.15. The number of carbonyl (C=O) groups is 1. The molecule has 0 spiro atoms. The zero-order chi connectivity index (χ0) is 10.7. The molecule has 0 saturated carbocycles. The van der Waals surface area contributed by atoms with Crippen LogP contribution in [0.25, 0.3) is 0 Å². The van der Waals surface area contributed by atoms with Crippen LogP contribution < -0.4 is 0 Å². The first-order chi connectivity index (χ1) is 5.75. The molecule has 1 N–H and O–H groups in total. The van der Waals surface area contributed by atoms with Gasteiger partial charge in [0.25, 0.3) is 5.92 Å². The van der Waals surface area contributed by atoms with Crippen LogP contribution in [0, 0.1) is 0 Å². The minimum Gasteiger partial charge on any atom is -0.467 e. The molecule has 0 aromatic carbocycles. The Morgan fingerprint density at radius 3 is 2.38 bits per heavy atom. The second-order valence-electron chi connectivity index (χ2n) is 2.93. The molecule has 0 aromatic heterocycles. The monoisotopic (exact) mass is 260 g/mol. The van der Waals surface area contributed by atoms with Gasteiger partial charge in [-0.3, -0.25) is 0 Å². The van der Waals surface area contributed by atoms with Gasteiger partial charge in [0, 0.05) is 0 Å². The van der Waals surface area contributed by atoms with E-state index < -0.39 is 29.2 Å². The van der Waals surface area contributed by atoms with Crippen molar-refractivity contribution in [3.63, 3.8) is 0 Å². The highest BCUT2D eigenvalue weighted by Gasteiger charge is 2.42. The van der Waals surface area contributed by atoms with E-state index in [2.05, 4.69) is 20.7 Å². The highest BCUT2D eigenvalue weighted by atomic mass is 79.9. The van der Waals surface area contributed by atoms with E-state index in [1.807, 2.05) is 0 Å². The van der Waals surface area contributed by atoms with Gasteiger partial charge in [0.2, 0.25) is 0 Å². The van der Waals surface area contributed by atoms with E-state index in [0.29, 0.717) is 0 Å². The summed E-state index contributed by atoms with van der Waals surface area (Å²) in [5, 5.41) is 8.67. The third-order valence-electron chi connectivity index (χ3n) is 1.42. The molecule has 0 amide bonds. The lowest BCUT2D eigenvalue weighted by Crippen LogP contribution is -2.42. The first kappa shape index (κ1) is 12.8. The number of hydrogen-bond acceptors (Lipinski definition) is 3. The summed E-state index contributed by atoms with van der Waals surface area (Å²) < 4.78 is 29.6. The molecule has 0 bridgehead atoms. The van der Waals surface area contributed by atoms with Crippen molar-refractivity contribution in [3.05, 3.63) is 0 Å². The molecule has 6 heteroatoms. The van der Waals surface area contributed by atoms with Crippen molar-refractivity contribution < 1.29 is 23.4 Å². The van der Waals surface area contributed by atoms with Gasteiger partial charge in [0.05, 0.1) is 18.9 Å². The summed E-state index contributed by atoms with van der Waals surface area (Å²) in [6.45, 7) is 0.995. The number of aliphatic hydroxyl groups is 1. The summed E-state index contributed by atoms with van der Waals surface area (Å²) in [6.07, 6.45) is -0.960. The van der Waals surface area contributed by atoms with Crippen LogP contribution in [0.5, 0.6) is 0 Å². The van der Waals surface area contributed by atoms with Crippen molar-refractivity contribution in [1.29, 1.82) is 0 Å². The molecule has 0 aliphatic rings. The van der Waals surface area contributed by atoms with Gasteiger partial charge in [-0.25, -0.2) is 13.6 Å². The van der Waals surface area contributed by atoms with Crippen molar-refractivity contribution in [2.24, 2.45) is 0 Å². The first-order valence-corrected chi connectivity index (χ1v) is 4.62. The lowest BCUT2D eigenvalue weighted by molar-refractivity contribution is -0.168. The predicted molar refractivity (Wildman–Crippen MR) is 46.0 cm³/mol. The van der Waals surface area contributed by atoms with E-state index in [1.54, 1.807) is 0 Å². The van der Waals surface area contributed by atoms with E-state index in [9.17, 15) is 18.7 Å². The third kappa shape index (κ3) is 3.99. The van der Waals surface area contributed by atoms with Gasteiger partial charge in [0.1, 0.15) is 0 Å². The van der Waals surface area contributed by atoms with Gasteiger partial charge >= 0.3 is 5.97 Å². The SMILES string of the molecule is COC(=O)C(C)(O)CC(F)(F)CBr. The Morgan fingerprint density at radius 1 is 1.62 bits per heavy atom. The maximum atomic E-state index is 12.7. The number of ether oxygens (including phenoxy) is 1. The molecule has 78 valence electrons. The Kier molecular flexibility index (Phi) is 4.25. The Labute approximate surface area is 83.2 Å². The minimum absolute atomic E-state index is 0.604. The van der Waals surface area contributed by atoms with E-state index in [0.717, 1.165) is 14.0 Å². The van der Waals surface area contributed by atoms with E-state index in [1.165, 1.54) is 0 Å². The molecule has 0 aromatic rings. The fourth-order valence-corrected chi connectivity index (χ4v) is 1.04. The van der Waals surface area contributed by atoms with Crippen LogP contribution in [0.2, 0.25) is 0 Å². The van der Waals surface area contributed by atoms with Crippen LogP contribution in [-0.2, 0) is 9.53 Å². The third-order valence-corrected chi connectivity index (χ3v) is 2.24. The summed E-state index contributed by atoms with van der Waals surface area (Å²) in [5.74, 6) is -4.19. The van der Waals surface area contributed by atoms with E-state index in [4.69, 9.17) is 0 Å². The number of rotatable bonds is 4. The van der Waals surface area contributed by atoms with Crippen molar-refractivity contribution in [3.8, 4) is 0 Å². The number of hydrogen-bond donors (Lipinski definition) is 1. The number of esters is 1. The molecule has 3 nitrogen and oxygen atoms in total. The first-order valence-electron chi connectivity index (χ1n) is 3.50. The van der Waals surface area contributed by atoms with Gasteiger partial charge in [-0.05, 0) is 6.92 Å². The molecule has 13 heavy (non-hydrogen) atoms. The summed E-state index contributed by atoms with van der Waals surface area (Å²) in [4.78, 5) is 10.8. The van der Waals surface area contributed by atoms with Crippen LogP contribution in [0.3, 0.4) is 0 Å². The zero-order valence-electron chi connectivity index (χ0n) is 7.31. The molecule has 0 aliphatic heterocycles. The van der Waals surface area contributed by atoms with Crippen LogP contribution in [-0.4, -0.2) is 35.0 Å². The highest BCUT2D eigenvalue weighted by molar-refractivity contribution is 9.09. The molecule has 1 atom stereocenters. The number of methoxy groups -OCH3 is 1. The zero-order valence-corrected chi connectivity index (χ0v) is 8.90. The maximum Gasteiger partial charge on any atom is 0.337 e. The number of carbonyl (C=O) groups excluding carboxylic acids is 1. The molecule has 0 fully saturated rings.